The maximum Gasteiger partial charge on any atom is 0.101 e. The van der Waals surface area contributed by atoms with Crippen molar-refractivity contribution in [1.82, 2.24) is 0 Å². The van der Waals surface area contributed by atoms with Gasteiger partial charge in [-0.25, -0.2) is 0 Å². The van der Waals surface area contributed by atoms with Gasteiger partial charge in [-0.05, 0) is 37.3 Å². The number of benzene rings is 1. The van der Waals surface area contributed by atoms with E-state index in [-0.39, 0.29) is 12.0 Å². The van der Waals surface area contributed by atoms with Crippen molar-refractivity contribution in [2.24, 2.45) is 11.8 Å². The van der Waals surface area contributed by atoms with Gasteiger partial charge in [-0.3, -0.25) is 0 Å². The Morgan fingerprint density at radius 1 is 1.21 bits per heavy atom. The molecule has 2 rings (SSSR count). The zero-order valence-electron chi connectivity index (χ0n) is 11.5. The van der Waals surface area contributed by atoms with Crippen LogP contribution in [0.4, 0.5) is 5.69 Å². The second-order valence-electron chi connectivity index (χ2n) is 5.46. The van der Waals surface area contributed by atoms with Gasteiger partial charge in [-0.2, -0.15) is 10.5 Å². The summed E-state index contributed by atoms with van der Waals surface area (Å²) in [5.41, 5.74) is 1.62. The number of anilines is 1. The zero-order chi connectivity index (χ0) is 13.8. The summed E-state index contributed by atoms with van der Waals surface area (Å²) in [6.07, 6.45) is 3.11. The Morgan fingerprint density at radius 3 is 2.63 bits per heavy atom. The molecule has 1 saturated carbocycles. The minimum absolute atomic E-state index is 0.0629. The van der Waals surface area contributed by atoms with E-state index in [1.807, 2.05) is 31.3 Å². The van der Waals surface area contributed by atoms with Gasteiger partial charge in [0.1, 0.15) is 6.07 Å². The minimum Gasteiger partial charge on any atom is -0.369 e. The van der Waals surface area contributed by atoms with Crippen LogP contribution < -0.4 is 4.90 Å². The standard InChI is InChI=1S/C16H19N3/c1-12-7-8-14(11-18)16(9-12)19(2)15-6-4-3-5-13(15)10-17/h3-6,12,14,16H,7-9H2,1-2H3. The molecule has 3 atom stereocenters. The first-order valence-corrected chi connectivity index (χ1v) is 6.79. The SMILES string of the molecule is CC1CCC(C#N)C(N(C)c2ccccc2C#N)C1. The van der Waals surface area contributed by atoms with E-state index in [1.165, 1.54) is 0 Å². The maximum atomic E-state index is 9.33. The Hall–Kier alpha value is -2.00. The van der Waals surface area contributed by atoms with Gasteiger partial charge in [0.25, 0.3) is 0 Å². The van der Waals surface area contributed by atoms with Crippen molar-refractivity contribution in [3.63, 3.8) is 0 Å². The summed E-state index contributed by atoms with van der Waals surface area (Å²) in [4.78, 5) is 2.13. The van der Waals surface area contributed by atoms with Crippen molar-refractivity contribution in [2.45, 2.75) is 32.2 Å². The Kier molecular flexibility index (Phi) is 4.07. The highest BCUT2D eigenvalue weighted by atomic mass is 15.1. The summed E-state index contributed by atoms with van der Waals surface area (Å²) in [6.45, 7) is 2.24. The van der Waals surface area contributed by atoms with Gasteiger partial charge in [-0.15, -0.1) is 0 Å². The van der Waals surface area contributed by atoms with Gasteiger partial charge in [-0.1, -0.05) is 19.1 Å². The van der Waals surface area contributed by atoms with Crippen LogP contribution in [0, 0.1) is 34.5 Å². The molecule has 0 heterocycles. The summed E-state index contributed by atoms with van der Waals surface area (Å²) in [5.74, 6) is 0.708. The van der Waals surface area contributed by atoms with Crippen LogP contribution in [0.2, 0.25) is 0 Å². The molecule has 19 heavy (non-hydrogen) atoms. The predicted molar refractivity (Wildman–Crippen MR) is 75.5 cm³/mol. The first-order valence-electron chi connectivity index (χ1n) is 6.79. The number of rotatable bonds is 2. The molecule has 98 valence electrons. The number of hydrogen-bond donors (Lipinski definition) is 0. The second kappa shape index (κ2) is 5.76. The van der Waals surface area contributed by atoms with Crippen LogP contribution >= 0.6 is 0 Å². The van der Waals surface area contributed by atoms with Crippen molar-refractivity contribution >= 4 is 5.69 Å². The van der Waals surface area contributed by atoms with Gasteiger partial charge in [0.05, 0.1) is 23.2 Å². The molecule has 1 aromatic rings. The molecule has 0 saturated heterocycles. The molecular formula is C16H19N3. The van der Waals surface area contributed by atoms with Crippen LogP contribution in [-0.2, 0) is 0 Å². The smallest absolute Gasteiger partial charge is 0.101 e. The molecule has 0 spiro atoms. The topological polar surface area (TPSA) is 50.8 Å². The van der Waals surface area contributed by atoms with E-state index >= 15 is 0 Å². The lowest BCUT2D eigenvalue weighted by Crippen LogP contribution is -2.42. The summed E-state index contributed by atoms with van der Waals surface area (Å²) >= 11 is 0. The zero-order valence-corrected chi connectivity index (χ0v) is 11.5. The molecule has 1 fully saturated rings. The number of hydrogen-bond acceptors (Lipinski definition) is 3. The van der Waals surface area contributed by atoms with E-state index in [0.29, 0.717) is 11.5 Å². The van der Waals surface area contributed by atoms with Crippen LogP contribution in [0.3, 0.4) is 0 Å². The maximum absolute atomic E-state index is 9.33. The van der Waals surface area contributed by atoms with Crippen LogP contribution in [-0.4, -0.2) is 13.1 Å². The first kappa shape index (κ1) is 13.4. The Morgan fingerprint density at radius 2 is 1.95 bits per heavy atom. The molecule has 0 amide bonds. The summed E-state index contributed by atoms with van der Waals surface area (Å²) < 4.78 is 0. The molecule has 0 radical (unpaired) electrons. The molecule has 0 aromatic heterocycles. The van der Waals surface area contributed by atoms with Crippen molar-refractivity contribution in [2.75, 3.05) is 11.9 Å². The lowest BCUT2D eigenvalue weighted by Gasteiger charge is -2.39. The van der Waals surface area contributed by atoms with Crippen molar-refractivity contribution < 1.29 is 0 Å². The molecule has 0 aliphatic heterocycles. The summed E-state index contributed by atoms with van der Waals surface area (Å²) in [7, 11) is 2.00. The molecule has 1 aliphatic carbocycles. The highest BCUT2D eigenvalue weighted by Gasteiger charge is 2.32. The van der Waals surface area contributed by atoms with E-state index in [4.69, 9.17) is 0 Å². The molecule has 1 aliphatic rings. The molecule has 3 nitrogen and oxygen atoms in total. The summed E-state index contributed by atoms with van der Waals surface area (Å²) in [6, 6.07) is 12.5. The Bertz CT molecular complexity index is 524. The lowest BCUT2D eigenvalue weighted by atomic mass is 9.79. The number of nitriles is 2. The quantitative estimate of drug-likeness (QED) is 0.812. The van der Waals surface area contributed by atoms with Crippen LogP contribution in [0.5, 0.6) is 0 Å². The Labute approximate surface area is 115 Å². The molecule has 1 aromatic carbocycles. The highest BCUT2D eigenvalue weighted by Crippen LogP contribution is 2.34. The normalized spacial score (nSPS) is 26.2. The molecule has 3 heteroatoms. The fraction of sp³-hybridized carbons (Fsp3) is 0.500. The average Bonchev–Trinajstić information content (AvgIpc) is 2.46. The van der Waals surface area contributed by atoms with Crippen LogP contribution in [0.15, 0.2) is 24.3 Å². The minimum atomic E-state index is 0.0629. The average molecular weight is 253 g/mol. The van der Waals surface area contributed by atoms with Gasteiger partial charge >= 0.3 is 0 Å². The lowest BCUT2D eigenvalue weighted by molar-refractivity contribution is 0.286. The van der Waals surface area contributed by atoms with Crippen molar-refractivity contribution in [3.05, 3.63) is 29.8 Å². The number of para-hydroxylation sites is 1. The fourth-order valence-electron chi connectivity index (χ4n) is 2.98. The van der Waals surface area contributed by atoms with E-state index in [0.717, 1.165) is 24.9 Å². The van der Waals surface area contributed by atoms with Gasteiger partial charge in [0.2, 0.25) is 0 Å². The van der Waals surface area contributed by atoms with E-state index in [2.05, 4.69) is 24.0 Å². The van der Waals surface area contributed by atoms with Crippen molar-refractivity contribution in [3.8, 4) is 12.1 Å². The summed E-state index contributed by atoms with van der Waals surface area (Å²) in [5, 5.41) is 18.5. The highest BCUT2D eigenvalue weighted by molar-refractivity contribution is 5.59. The third-order valence-electron chi connectivity index (χ3n) is 4.15. The molecule has 3 unspecified atom stereocenters. The Balaban J connectivity index is 2.29. The van der Waals surface area contributed by atoms with Gasteiger partial charge < -0.3 is 4.90 Å². The third kappa shape index (κ3) is 2.71. The van der Waals surface area contributed by atoms with E-state index in [9.17, 15) is 10.5 Å². The monoisotopic (exact) mass is 253 g/mol. The predicted octanol–water partition coefficient (Wildman–Crippen LogP) is 3.32. The van der Waals surface area contributed by atoms with Gasteiger partial charge in [0, 0.05) is 13.1 Å². The van der Waals surface area contributed by atoms with Gasteiger partial charge in [0.15, 0.2) is 0 Å². The fourth-order valence-corrected chi connectivity index (χ4v) is 2.98. The largest absolute Gasteiger partial charge is 0.369 e. The van der Waals surface area contributed by atoms with Crippen LogP contribution in [0.25, 0.3) is 0 Å². The molecule has 0 bridgehead atoms. The van der Waals surface area contributed by atoms with Crippen LogP contribution in [0.1, 0.15) is 31.7 Å². The number of nitrogens with zero attached hydrogens (tertiary/aromatic N) is 3. The first-order chi connectivity index (χ1) is 9.17. The molecule has 0 N–H and O–H groups in total. The van der Waals surface area contributed by atoms with E-state index in [1.54, 1.807) is 0 Å². The van der Waals surface area contributed by atoms with Crippen molar-refractivity contribution in [1.29, 1.82) is 10.5 Å². The van der Waals surface area contributed by atoms with E-state index < -0.39 is 0 Å². The third-order valence-corrected chi connectivity index (χ3v) is 4.15. The molecular weight excluding hydrogens is 234 g/mol. The second-order valence-corrected chi connectivity index (χ2v) is 5.46.